The number of nitrogens with one attached hydrogen (secondary N) is 1. The first-order valence-electron chi connectivity index (χ1n) is 6.08. The first-order valence-corrected chi connectivity index (χ1v) is 6.08. The van der Waals surface area contributed by atoms with E-state index in [4.69, 9.17) is 0 Å². The molecule has 0 fully saturated rings. The quantitative estimate of drug-likeness (QED) is 0.777. The second kappa shape index (κ2) is 3.69. The monoisotopic (exact) mass is 218 g/mol. The van der Waals surface area contributed by atoms with E-state index in [-0.39, 0.29) is 5.54 Å². The van der Waals surface area contributed by atoms with Crippen molar-refractivity contribution in [3.8, 4) is 0 Å². The van der Waals surface area contributed by atoms with Gasteiger partial charge in [-0.15, -0.1) is 0 Å². The molecule has 1 aliphatic heterocycles. The molecule has 1 N–H and O–H groups in total. The third-order valence-corrected chi connectivity index (χ3v) is 3.66. The summed E-state index contributed by atoms with van der Waals surface area (Å²) in [6, 6.07) is 4.57. The predicted octanol–water partition coefficient (Wildman–Crippen LogP) is 3.33. The number of hydrogen-bond acceptors (Lipinski definition) is 2. The standard InChI is InChI=1S/C14H22N2/c1-6-16-13-8-11(3)10(2)7-12(13)15-9-14(16,4)5/h7-8,15H,6,9H2,1-5H3. The van der Waals surface area contributed by atoms with Gasteiger partial charge < -0.3 is 10.2 Å². The first kappa shape index (κ1) is 11.3. The molecule has 0 atom stereocenters. The second-order valence-electron chi connectivity index (χ2n) is 5.36. The Labute approximate surface area is 98.7 Å². The summed E-state index contributed by atoms with van der Waals surface area (Å²) in [6.07, 6.45) is 0. The number of aryl methyl sites for hydroxylation is 2. The van der Waals surface area contributed by atoms with E-state index in [0.717, 1.165) is 13.1 Å². The van der Waals surface area contributed by atoms with E-state index in [0.29, 0.717) is 0 Å². The summed E-state index contributed by atoms with van der Waals surface area (Å²) in [5, 5.41) is 3.54. The van der Waals surface area contributed by atoms with Crippen molar-refractivity contribution >= 4 is 11.4 Å². The van der Waals surface area contributed by atoms with Gasteiger partial charge in [0.05, 0.1) is 16.9 Å². The van der Waals surface area contributed by atoms with Crippen LogP contribution in [-0.2, 0) is 0 Å². The fourth-order valence-electron chi connectivity index (χ4n) is 2.50. The minimum Gasteiger partial charge on any atom is -0.381 e. The van der Waals surface area contributed by atoms with Crippen molar-refractivity contribution in [3.63, 3.8) is 0 Å². The third kappa shape index (κ3) is 1.66. The van der Waals surface area contributed by atoms with Gasteiger partial charge in [-0.3, -0.25) is 0 Å². The minimum atomic E-state index is 0.198. The maximum Gasteiger partial charge on any atom is 0.0609 e. The highest BCUT2D eigenvalue weighted by molar-refractivity contribution is 5.75. The Balaban J connectivity index is 2.53. The highest BCUT2D eigenvalue weighted by Gasteiger charge is 2.31. The summed E-state index contributed by atoms with van der Waals surface area (Å²) in [5.41, 5.74) is 5.56. The molecule has 0 amide bonds. The molecule has 0 saturated heterocycles. The summed E-state index contributed by atoms with van der Waals surface area (Å²) in [7, 11) is 0. The van der Waals surface area contributed by atoms with E-state index in [2.05, 4.69) is 57.0 Å². The van der Waals surface area contributed by atoms with Gasteiger partial charge in [0, 0.05) is 13.1 Å². The van der Waals surface area contributed by atoms with Crippen LogP contribution in [0.3, 0.4) is 0 Å². The van der Waals surface area contributed by atoms with Gasteiger partial charge in [0.25, 0.3) is 0 Å². The molecule has 88 valence electrons. The van der Waals surface area contributed by atoms with E-state index in [1.807, 2.05) is 0 Å². The Hall–Kier alpha value is -1.18. The van der Waals surface area contributed by atoms with Crippen LogP contribution >= 0.6 is 0 Å². The summed E-state index contributed by atoms with van der Waals surface area (Å²) < 4.78 is 0. The first-order chi connectivity index (χ1) is 7.45. The minimum absolute atomic E-state index is 0.198. The highest BCUT2D eigenvalue weighted by atomic mass is 15.2. The molecule has 0 bridgehead atoms. The van der Waals surface area contributed by atoms with Crippen molar-refractivity contribution in [1.82, 2.24) is 0 Å². The molecular weight excluding hydrogens is 196 g/mol. The van der Waals surface area contributed by atoms with E-state index in [9.17, 15) is 0 Å². The lowest BCUT2D eigenvalue weighted by atomic mass is 9.95. The molecule has 0 aliphatic carbocycles. The predicted molar refractivity (Wildman–Crippen MR) is 71.5 cm³/mol. The Morgan fingerprint density at radius 1 is 1.25 bits per heavy atom. The maximum atomic E-state index is 3.54. The number of benzene rings is 1. The molecule has 0 saturated carbocycles. The Kier molecular flexibility index (Phi) is 2.61. The van der Waals surface area contributed by atoms with Gasteiger partial charge >= 0.3 is 0 Å². The molecular formula is C14H22N2. The molecule has 0 radical (unpaired) electrons. The number of hydrogen-bond donors (Lipinski definition) is 1. The van der Waals surface area contributed by atoms with Gasteiger partial charge in [0.15, 0.2) is 0 Å². The van der Waals surface area contributed by atoms with Gasteiger partial charge in [0.2, 0.25) is 0 Å². The topological polar surface area (TPSA) is 15.3 Å². The van der Waals surface area contributed by atoms with Gasteiger partial charge in [-0.2, -0.15) is 0 Å². The molecule has 1 aromatic rings. The van der Waals surface area contributed by atoms with Crippen molar-refractivity contribution in [2.75, 3.05) is 23.3 Å². The van der Waals surface area contributed by atoms with E-state index in [1.165, 1.54) is 22.5 Å². The lowest BCUT2D eigenvalue weighted by molar-refractivity contribution is 0.480. The lowest BCUT2D eigenvalue weighted by Gasteiger charge is -2.45. The highest BCUT2D eigenvalue weighted by Crippen LogP contribution is 2.37. The molecule has 2 heteroatoms. The molecule has 0 aromatic heterocycles. The van der Waals surface area contributed by atoms with Crippen LogP contribution in [0.5, 0.6) is 0 Å². The van der Waals surface area contributed by atoms with Crippen molar-refractivity contribution in [3.05, 3.63) is 23.3 Å². The van der Waals surface area contributed by atoms with E-state index in [1.54, 1.807) is 0 Å². The van der Waals surface area contributed by atoms with Gasteiger partial charge in [-0.05, 0) is 57.9 Å². The van der Waals surface area contributed by atoms with Crippen molar-refractivity contribution < 1.29 is 0 Å². The molecule has 2 nitrogen and oxygen atoms in total. The molecule has 16 heavy (non-hydrogen) atoms. The number of anilines is 2. The number of fused-ring (bicyclic) bond motifs is 1. The van der Waals surface area contributed by atoms with Gasteiger partial charge in [0.1, 0.15) is 0 Å². The molecule has 1 heterocycles. The number of likely N-dealkylation sites (N-methyl/N-ethyl adjacent to an activating group) is 1. The van der Waals surface area contributed by atoms with Crippen LogP contribution in [0.1, 0.15) is 31.9 Å². The van der Waals surface area contributed by atoms with Crippen molar-refractivity contribution in [2.24, 2.45) is 0 Å². The van der Waals surface area contributed by atoms with Gasteiger partial charge in [-0.25, -0.2) is 0 Å². The average Bonchev–Trinajstić information content (AvgIpc) is 2.20. The van der Waals surface area contributed by atoms with Crippen LogP contribution in [0, 0.1) is 13.8 Å². The number of nitrogens with zero attached hydrogens (tertiary/aromatic N) is 1. The van der Waals surface area contributed by atoms with Crippen molar-refractivity contribution in [1.29, 1.82) is 0 Å². The van der Waals surface area contributed by atoms with E-state index >= 15 is 0 Å². The average molecular weight is 218 g/mol. The fourth-order valence-corrected chi connectivity index (χ4v) is 2.50. The van der Waals surface area contributed by atoms with Crippen LogP contribution < -0.4 is 10.2 Å². The Morgan fingerprint density at radius 3 is 2.50 bits per heavy atom. The number of rotatable bonds is 1. The zero-order valence-corrected chi connectivity index (χ0v) is 11.0. The summed E-state index contributed by atoms with van der Waals surface area (Å²) in [6.45, 7) is 13.2. The van der Waals surface area contributed by atoms with Crippen LogP contribution in [0.4, 0.5) is 11.4 Å². The zero-order chi connectivity index (χ0) is 11.9. The lowest BCUT2D eigenvalue weighted by Crippen LogP contribution is -2.52. The largest absolute Gasteiger partial charge is 0.381 e. The summed E-state index contributed by atoms with van der Waals surface area (Å²) in [5.74, 6) is 0. The SMILES string of the molecule is CCN1c2cc(C)c(C)cc2NCC1(C)C. The summed E-state index contributed by atoms with van der Waals surface area (Å²) in [4.78, 5) is 2.49. The zero-order valence-electron chi connectivity index (χ0n) is 11.0. The molecule has 0 unspecified atom stereocenters. The van der Waals surface area contributed by atoms with Crippen molar-refractivity contribution in [2.45, 2.75) is 40.2 Å². The van der Waals surface area contributed by atoms with Crippen LogP contribution in [-0.4, -0.2) is 18.6 Å². The van der Waals surface area contributed by atoms with Gasteiger partial charge in [-0.1, -0.05) is 0 Å². The smallest absolute Gasteiger partial charge is 0.0609 e. The Bertz CT molecular complexity index is 407. The van der Waals surface area contributed by atoms with Crippen LogP contribution in [0.15, 0.2) is 12.1 Å². The Morgan fingerprint density at radius 2 is 1.88 bits per heavy atom. The second-order valence-corrected chi connectivity index (χ2v) is 5.36. The van der Waals surface area contributed by atoms with Crippen LogP contribution in [0.2, 0.25) is 0 Å². The molecule has 1 aliphatic rings. The van der Waals surface area contributed by atoms with Crippen LogP contribution in [0.25, 0.3) is 0 Å². The molecule has 1 aromatic carbocycles. The molecule has 2 rings (SSSR count). The third-order valence-electron chi connectivity index (χ3n) is 3.66. The fraction of sp³-hybridized carbons (Fsp3) is 0.571. The summed E-state index contributed by atoms with van der Waals surface area (Å²) >= 11 is 0. The molecule has 0 spiro atoms. The van der Waals surface area contributed by atoms with E-state index < -0.39 is 0 Å². The normalized spacial score (nSPS) is 17.9. The maximum absolute atomic E-state index is 3.54.